The molecule has 0 bridgehead atoms. The van der Waals surface area contributed by atoms with Gasteiger partial charge in [-0.2, -0.15) is 4.31 Å². The molecule has 2 aromatic heterocycles. The molecule has 9 heteroatoms. The van der Waals surface area contributed by atoms with Crippen LogP contribution in [0.1, 0.15) is 29.6 Å². The van der Waals surface area contributed by atoms with E-state index in [4.69, 9.17) is 0 Å². The first-order valence-corrected chi connectivity index (χ1v) is 14.1. The van der Waals surface area contributed by atoms with Crippen molar-refractivity contribution in [3.8, 4) is 0 Å². The highest BCUT2D eigenvalue weighted by atomic mass is 32.2. The molecule has 32 heavy (non-hydrogen) atoms. The van der Waals surface area contributed by atoms with Crippen LogP contribution in [-0.4, -0.2) is 53.8 Å². The number of sulfonamides is 1. The first kappa shape index (κ1) is 23.4. The average Bonchev–Trinajstić information content (AvgIpc) is 3.27. The molecule has 3 aromatic rings. The lowest BCUT2D eigenvalue weighted by Gasteiger charge is -2.33. The van der Waals surface area contributed by atoms with E-state index in [0.717, 1.165) is 48.9 Å². The molecule has 0 N–H and O–H groups in total. The van der Waals surface area contributed by atoms with Gasteiger partial charge in [0, 0.05) is 50.1 Å². The lowest BCUT2D eigenvalue weighted by Crippen LogP contribution is -2.48. The fourth-order valence-electron chi connectivity index (χ4n) is 3.62. The van der Waals surface area contributed by atoms with Gasteiger partial charge in [0.2, 0.25) is 10.0 Å². The minimum atomic E-state index is -3.52. The summed E-state index contributed by atoms with van der Waals surface area (Å²) in [7, 11) is -3.52. The lowest BCUT2D eigenvalue weighted by molar-refractivity contribution is 0.181. The summed E-state index contributed by atoms with van der Waals surface area (Å²) in [6.45, 7) is 5.44. The van der Waals surface area contributed by atoms with Gasteiger partial charge in [-0.15, -0.1) is 23.1 Å². The molecule has 0 radical (unpaired) electrons. The van der Waals surface area contributed by atoms with Crippen molar-refractivity contribution in [2.45, 2.75) is 42.0 Å². The van der Waals surface area contributed by atoms with Gasteiger partial charge >= 0.3 is 0 Å². The van der Waals surface area contributed by atoms with E-state index < -0.39 is 10.0 Å². The second kappa shape index (κ2) is 10.9. The Kier molecular flexibility index (Phi) is 7.96. The van der Waals surface area contributed by atoms with Crippen LogP contribution in [0.2, 0.25) is 0 Å². The van der Waals surface area contributed by atoms with Crippen LogP contribution in [-0.2, 0) is 28.7 Å². The fourth-order valence-corrected chi connectivity index (χ4v) is 6.72. The van der Waals surface area contributed by atoms with E-state index in [9.17, 15) is 8.42 Å². The lowest BCUT2D eigenvalue weighted by atomic mass is 10.2. The maximum Gasteiger partial charge on any atom is 0.244 e. The molecule has 6 nitrogen and oxygen atoms in total. The number of aromatic nitrogens is 2. The predicted octanol–water partition coefficient (Wildman–Crippen LogP) is 4.29. The van der Waals surface area contributed by atoms with Gasteiger partial charge in [0.05, 0.1) is 15.7 Å². The maximum atomic E-state index is 13.1. The molecule has 4 rings (SSSR count). The van der Waals surface area contributed by atoms with Crippen LogP contribution in [0.15, 0.2) is 64.0 Å². The third-order valence-electron chi connectivity index (χ3n) is 5.36. The molecule has 1 fully saturated rings. The van der Waals surface area contributed by atoms with Crippen LogP contribution in [0.4, 0.5) is 0 Å². The Hall–Kier alpha value is -1.78. The predicted molar refractivity (Wildman–Crippen MR) is 130 cm³/mol. The van der Waals surface area contributed by atoms with Crippen molar-refractivity contribution in [3.63, 3.8) is 0 Å². The third-order valence-corrected chi connectivity index (χ3v) is 9.18. The van der Waals surface area contributed by atoms with Gasteiger partial charge in [0.15, 0.2) is 0 Å². The van der Waals surface area contributed by atoms with Crippen LogP contribution in [0.25, 0.3) is 0 Å². The number of pyridine rings is 1. The van der Waals surface area contributed by atoms with Crippen LogP contribution in [0.3, 0.4) is 0 Å². The Morgan fingerprint density at radius 3 is 2.53 bits per heavy atom. The molecule has 3 heterocycles. The number of hydrogen-bond donors (Lipinski definition) is 0. The van der Waals surface area contributed by atoms with E-state index in [0.29, 0.717) is 13.1 Å². The Labute approximate surface area is 198 Å². The first-order chi connectivity index (χ1) is 15.5. The molecule has 0 amide bonds. The number of rotatable bonds is 9. The summed E-state index contributed by atoms with van der Waals surface area (Å²) in [6, 6.07) is 13.7. The van der Waals surface area contributed by atoms with Crippen molar-refractivity contribution in [2.24, 2.45) is 0 Å². The van der Waals surface area contributed by atoms with Gasteiger partial charge < -0.3 is 0 Å². The topological polar surface area (TPSA) is 66.4 Å². The molecule has 1 aliphatic heterocycles. The molecular weight excluding hydrogens is 460 g/mol. The van der Waals surface area contributed by atoms with Crippen LogP contribution in [0.5, 0.6) is 0 Å². The number of nitrogens with zero attached hydrogens (tertiary/aromatic N) is 4. The highest BCUT2D eigenvalue weighted by Gasteiger charge is 2.28. The van der Waals surface area contributed by atoms with E-state index in [1.165, 1.54) is 16.8 Å². The molecule has 0 saturated carbocycles. The normalized spacial score (nSPS) is 15.8. The van der Waals surface area contributed by atoms with Crippen molar-refractivity contribution in [1.29, 1.82) is 0 Å². The van der Waals surface area contributed by atoms with Gasteiger partial charge in [-0.05, 0) is 30.5 Å². The largest absolute Gasteiger partial charge is 0.296 e. The number of aryl methyl sites for hydroxylation is 1. The van der Waals surface area contributed by atoms with Crippen molar-refractivity contribution in [3.05, 3.63) is 70.3 Å². The Bertz CT molecular complexity index is 1090. The van der Waals surface area contributed by atoms with Crippen LogP contribution < -0.4 is 0 Å². The molecule has 1 aromatic carbocycles. The van der Waals surface area contributed by atoms with Gasteiger partial charge in [-0.1, -0.05) is 37.3 Å². The van der Waals surface area contributed by atoms with Crippen LogP contribution in [0, 0.1) is 0 Å². The monoisotopic (exact) mass is 488 g/mol. The minimum absolute atomic E-state index is 0.261. The van der Waals surface area contributed by atoms with E-state index in [1.54, 1.807) is 39.5 Å². The van der Waals surface area contributed by atoms with Gasteiger partial charge in [-0.3, -0.25) is 4.90 Å². The van der Waals surface area contributed by atoms with Crippen molar-refractivity contribution in [2.75, 3.05) is 26.2 Å². The Morgan fingerprint density at radius 1 is 1.06 bits per heavy atom. The second-order valence-corrected chi connectivity index (χ2v) is 11.6. The van der Waals surface area contributed by atoms with E-state index in [1.807, 2.05) is 18.2 Å². The quantitative estimate of drug-likeness (QED) is 0.419. The molecule has 0 spiro atoms. The van der Waals surface area contributed by atoms with Gasteiger partial charge in [0.25, 0.3) is 0 Å². The summed E-state index contributed by atoms with van der Waals surface area (Å²) in [5, 5.41) is 4.07. The second-order valence-electron chi connectivity index (χ2n) is 7.77. The van der Waals surface area contributed by atoms with Gasteiger partial charge in [0.1, 0.15) is 4.90 Å². The molecule has 0 unspecified atom stereocenters. The summed E-state index contributed by atoms with van der Waals surface area (Å²) in [6.07, 6.45) is 3.60. The fraction of sp³-hybridized carbons (Fsp3) is 0.391. The summed E-state index contributed by atoms with van der Waals surface area (Å²) in [4.78, 5) is 11.6. The smallest absolute Gasteiger partial charge is 0.244 e. The molecule has 0 aliphatic carbocycles. The highest BCUT2D eigenvalue weighted by molar-refractivity contribution is 7.98. The number of piperazine rings is 1. The van der Waals surface area contributed by atoms with Crippen molar-refractivity contribution >= 4 is 33.1 Å². The zero-order valence-electron chi connectivity index (χ0n) is 18.2. The van der Waals surface area contributed by atoms with Crippen molar-refractivity contribution < 1.29 is 8.42 Å². The third kappa shape index (κ3) is 5.96. The molecular formula is C23H28N4O2S3. The highest BCUT2D eigenvalue weighted by Crippen LogP contribution is 2.24. The van der Waals surface area contributed by atoms with E-state index in [-0.39, 0.29) is 4.90 Å². The Morgan fingerprint density at radius 2 is 1.84 bits per heavy atom. The number of benzene rings is 1. The maximum absolute atomic E-state index is 13.1. The molecule has 0 atom stereocenters. The molecule has 1 saturated heterocycles. The standard InChI is InChI=1S/C23H28N4O2S3/c1-2-6-23-25-20(18-31-23)17-30-22-10-9-21(15-24-22)32(28,29)27-13-11-26(12-14-27)16-19-7-4-3-5-8-19/h3-5,7-10,15,18H,2,6,11-14,16-17H2,1H3. The SMILES string of the molecule is CCCc1nc(CSc2ccc(S(=O)(=O)N3CCN(Cc4ccccc4)CC3)cn2)cs1. The zero-order chi connectivity index (χ0) is 22.4. The minimum Gasteiger partial charge on any atom is -0.296 e. The zero-order valence-corrected chi connectivity index (χ0v) is 20.6. The summed E-state index contributed by atoms with van der Waals surface area (Å²) in [5.74, 6) is 0.739. The van der Waals surface area contributed by atoms with Gasteiger partial charge in [-0.25, -0.2) is 18.4 Å². The van der Waals surface area contributed by atoms with Crippen LogP contribution >= 0.6 is 23.1 Å². The summed E-state index contributed by atoms with van der Waals surface area (Å²) in [5.41, 5.74) is 2.30. The number of hydrogen-bond acceptors (Lipinski definition) is 7. The first-order valence-electron chi connectivity index (χ1n) is 10.8. The summed E-state index contributed by atoms with van der Waals surface area (Å²) >= 11 is 3.28. The van der Waals surface area contributed by atoms with E-state index in [2.05, 4.69) is 39.3 Å². The van der Waals surface area contributed by atoms with Crippen molar-refractivity contribution in [1.82, 2.24) is 19.2 Å². The number of thioether (sulfide) groups is 1. The molecule has 1 aliphatic rings. The average molecular weight is 489 g/mol. The number of thiazole rings is 1. The molecule has 170 valence electrons. The summed E-state index contributed by atoms with van der Waals surface area (Å²) < 4.78 is 27.7. The Balaban J connectivity index is 1.30. The van der Waals surface area contributed by atoms with E-state index >= 15 is 0 Å².